The molecule has 0 spiro atoms. The molecule has 1 aliphatic heterocycles. The quantitative estimate of drug-likeness (QED) is 0.817. The topological polar surface area (TPSA) is 12.0 Å². The summed E-state index contributed by atoms with van der Waals surface area (Å²) in [7, 11) is 0. The molecule has 1 saturated heterocycles. The summed E-state index contributed by atoms with van der Waals surface area (Å²) in [5.41, 5.74) is 2.96. The fourth-order valence-electron chi connectivity index (χ4n) is 2.46. The van der Waals surface area contributed by atoms with Crippen molar-refractivity contribution in [2.24, 2.45) is 0 Å². The van der Waals surface area contributed by atoms with Crippen LogP contribution >= 0.6 is 0 Å². The van der Waals surface area contributed by atoms with Gasteiger partial charge in [0.1, 0.15) is 0 Å². The Bertz CT molecular complexity index is 324. The molecule has 0 aliphatic carbocycles. The van der Waals surface area contributed by atoms with E-state index < -0.39 is 0 Å². The summed E-state index contributed by atoms with van der Waals surface area (Å²) in [6.45, 7) is 5.73. The highest BCUT2D eigenvalue weighted by atomic mass is 14.9. The first-order valence-corrected chi connectivity index (χ1v) is 6.58. The minimum atomic E-state index is 0.638. The van der Waals surface area contributed by atoms with Gasteiger partial charge in [0.25, 0.3) is 0 Å². The lowest BCUT2D eigenvalue weighted by Crippen LogP contribution is -2.35. The van der Waals surface area contributed by atoms with Crippen LogP contribution in [0.15, 0.2) is 24.3 Å². The predicted octanol–water partition coefficient (Wildman–Crippen LogP) is 3.49. The van der Waals surface area contributed by atoms with Crippen molar-refractivity contribution in [2.75, 3.05) is 6.54 Å². The predicted molar refractivity (Wildman–Crippen MR) is 69.9 cm³/mol. The summed E-state index contributed by atoms with van der Waals surface area (Å²) in [5, 5.41) is 3.62. The molecule has 2 rings (SSSR count). The second kappa shape index (κ2) is 5.49. The summed E-state index contributed by atoms with van der Waals surface area (Å²) in [4.78, 5) is 0. The Morgan fingerprint density at radius 2 is 2.19 bits per heavy atom. The smallest absolute Gasteiger partial charge is 0.0107 e. The SMILES string of the molecule is CC(C)c1cccc(CC2CCCCN2)c1. The zero-order chi connectivity index (χ0) is 11.4. The van der Waals surface area contributed by atoms with Crippen molar-refractivity contribution in [1.82, 2.24) is 5.32 Å². The van der Waals surface area contributed by atoms with Crippen molar-refractivity contribution in [1.29, 1.82) is 0 Å². The van der Waals surface area contributed by atoms with Gasteiger partial charge in [0, 0.05) is 6.04 Å². The van der Waals surface area contributed by atoms with E-state index in [0.29, 0.717) is 12.0 Å². The van der Waals surface area contributed by atoms with Gasteiger partial charge in [0.05, 0.1) is 0 Å². The molecule has 1 aromatic carbocycles. The first-order valence-electron chi connectivity index (χ1n) is 6.58. The summed E-state index contributed by atoms with van der Waals surface area (Å²) >= 11 is 0. The normalized spacial score (nSPS) is 21.3. The lowest BCUT2D eigenvalue weighted by atomic mass is 9.94. The summed E-state index contributed by atoms with van der Waals surface area (Å²) in [6.07, 6.45) is 5.27. The zero-order valence-electron chi connectivity index (χ0n) is 10.5. The number of hydrogen-bond donors (Lipinski definition) is 1. The van der Waals surface area contributed by atoms with Gasteiger partial charge < -0.3 is 5.32 Å². The van der Waals surface area contributed by atoms with E-state index in [1.54, 1.807) is 0 Å². The van der Waals surface area contributed by atoms with E-state index in [1.165, 1.54) is 43.4 Å². The molecule has 1 N–H and O–H groups in total. The highest BCUT2D eigenvalue weighted by molar-refractivity contribution is 5.26. The van der Waals surface area contributed by atoms with Crippen molar-refractivity contribution < 1.29 is 0 Å². The van der Waals surface area contributed by atoms with Gasteiger partial charge in [-0.25, -0.2) is 0 Å². The Balaban J connectivity index is 2.00. The molecule has 1 unspecified atom stereocenters. The van der Waals surface area contributed by atoms with Crippen molar-refractivity contribution in [3.8, 4) is 0 Å². The first kappa shape index (κ1) is 11.7. The van der Waals surface area contributed by atoms with E-state index in [-0.39, 0.29) is 0 Å². The summed E-state index contributed by atoms with van der Waals surface area (Å²) in [5.74, 6) is 0.638. The van der Waals surface area contributed by atoms with Crippen LogP contribution in [0.1, 0.15) is 50.2 Å². The molecule has 0 radical (unpaired) electrons. The molecule has 1 aliphatic rings. The molecule has 1 heteroatoms. The van der Waals surface area contributed by atoms with Crippen molar-refractivity contribution in [3.63, 3.8) is 0 Å². The number of nitrogens with one attached hydrogen (secondary N) is 1. The second-order valence-electron chi connectivity index (χ2n) is 5.25. The van der Waals surface area contributed by atoms with E-state index in [9.17, 15) is 0 Å². The summed E-state index contributed by atoms with van der Waals surface area (Å²) in [6, 6.07) is 9.79. The van der Waals surface area contributed by atoms with Gasteiger partial charge in [0.15, 0.2) is 0 Å². The lowest BCUT2D eigenvalue weighted by Gasteiger charge is -2.23. The van der Waals surface area contributed by atoms with Crippen LogP contribution in [0.5, 0.6) is 0 Å². The average molecular weight is 217 g/mol. The van der Waals surface area contributed by atoms with E-state index in [0.717, 1.165) is 0 Å². The molecule has 0 amide bonds. The largest absolute Gasteiger partial charge is 0.314 e. The highest BCUT2D eigenvalue weighted by Gasteiger charge is 2.13. The van der Waals surface area contributed by atoms with Crippen LogP contribution in [0.4, 0.5) is 0 Å². The molecule has 16 heavy (non-hydrogen) atoms. The van der Waals surface area contributed by atoms with E-state index in [1.807, 2.05) is 0 Å². The Morgan fingerprint density at radius 1 is 1.31 bits per heavy atom. The van der Waals surface area contributed by atoms with Crippen LogP contribution < -0.4 is 5.32 Å². The van der Waals surface area contributed by atoms with Crippen LogP contribution in [0.25, 0.3) is 0 Å². The van der Waals surface area contributed by atoms with Gasteiger partial charge in [0.2, 0.25) is 0 Å². The van der Waals surface area contributed by atoms with Gasteiger partial charge in [-0.1, -0.05) is 44.5 Å². The van der Waals surface area contributed by atoms with Crippen LogP contribution in [-0.2, 0) is 6.42 Å². The maximum atomic E-state index is 3.62. The van der Waals surface area contributed by atoms with Gasteiger partial charge >= 0.3 is 0 Å². The Labute approximate surface area is 99.3 Å². The molecule has 1 heterocycles. The maximum Gasteiger partial charge on any atom is 0.0107 e. The number of benzene rings is 1. The monoisotopic (exact) mass is 217 g/mol. The second-order valence-corrected chi connectivity index (χ2v) is 5.25. The van der Waals surface area contributed by atoms with Crippen LogP contribution in [0.2, 0.25) is 0 Å². The standard InChI is InChI=1S/C15H23N/c1-12(2)14-7-5-6-13(10-14)11-15-8-3-4-9-16-15/h5-7,10,12,15-16H,3-4,8-9,11H2,1-2H3. The molecule has 0 aromatic heterocycles. The fraction of sp³-hybridized carbons (Fsp3) is 0.600. The number of hydrogen-bond acceptors (Lipinski definition) is 1. The summed E-state index contributed by atoms with van der Waals surface area (Å²) < 4.78 is 0. The Hall–Kier alpha value is -0.820. The van der Waals surface area contributed by atoms with Gasteiger partial charge in [-0.05, 0) is 42.9 Å². The van der Waals surface area contributed by atoms with Gasteiger partial charge in [-0.15, -0.1) is 0 Å². The van der Waals surface area contributed by atoms with Crippen LogP contribution in [0.3, 0.4) is 0 Å². The molecule has 1 fully saturated rings. The molecule has 0 bridgehead atoms. The molecule has 1 aromatic rings. The van der Waals surface area contributed by atoms with E-state index in [2.05, 4.69) is 43.4 Å². The molecule has 1 atom stereocenters. The van der Waals surface area contributed by atoms with Crippen LogP contribution in [0, 0.1) is 0 Å². The van der Waals surface area contributed by atoms with Gasteiger partial charge in [-0.2, -0.15) is 0 Å². The fourth-order valence-corrected chi connectivity index (χ4v) is 2.46. The van der Waals surface area contributed by atoms with Crippen molar-refractivity contribution in [3.05, 3.63) is 35.4 Å². The number of piperidine rings is 1. The lowest BCUT2D eigenvalue weighted by molar-refractivity contribution is 0.399. The third kappa shape index (κ3) is 3.08. The number of rotatable bonds is 3. The Kier molecular flexibility index (Phi) is 4.00. The Morgan fingerprint density at radius 3 is 2.88 bits per heavy atom. The minimum Gasteiger partial charge on any atom is -0.314 e. The van der Waals surface area contributed by atoms with E-state index >= 15 is 0 Å². The van der Waals surface area contributed by atoms with Crippen LogP contribution in [-0.4, -0.2) is 12.6 Å². The van der Waals surface area contributed by atoms with Crippen molar-refractivity contribution in [2.45, 2.75) is 51.5 Å². The third-order valence-electron chi connectivity index (χ3n) is 3.51. The molecule has 0 saturated carbocycles. The third-order valence-corrected chi connectivity index (χ3v) is 3.51. The first-order chi connectivity index (χ1) is 7.75. The molecule has 1 nitrogen and oxygen atoms in total. The molecular weight excluding hydrogens is 194 g/mol. The highest BCUT2D eigenvalue weighted by Crippen LogP contribution is 2.18. The van der Waals surface area contributed by atoms with E-state index in [4.69, 9.17) is 0 Å². The maximum absolute atomic E-state index is 3.62. The molecular formula is C15H23N. The average Bonchev–Trinajstić information content (AvgIpc) is 2.30. The van der Waals surface area contributed by atoms with Crippen molar-refractivity contribution >= 4 is 0 Å². The molecule has 88 valence electrons. The van der Waals surface area contributed by atoms with Gasteiger partial charge in [-0.3, -0.25) is 0 Å². The minimum absolute atomic E-state index is 0.638. The zero-order valence-corrected chi connectivity index (χ0v) is 10.5.